The molecule has 0 atom stereocenters. The Bertz CT molecular complexity index is 479. The minimum atomic E-state index is 0.131. The normalized spacial score (nSPS) is 10.7. The molecule has 0 saturated heterocycles. The van der Waals surface area contributed by atoms with Crippen molar-refractivity contribution in [3.8, 4) is 11.4 Å². The fourth-order valence-corrected chi connectivity index (χ4v) is 2.35. The van der Waals surface area contributed by atoms with Gasteiger partial charge in [-0.15, -0.1) is 0 Å². The minimum Gasteiger partial charge on any atom is -0.396 e. The van der Waals surface area contributed by atoms with Crippen LogP contribution in [0.5, 0.6) is 0 Å². The second-order valence-electron chi connectivity index (χ2n) is 3.57. The van der Waals surface area contributed by atoms with E-state index in [1.807, 2.05) is 41.9 Å². The van der Waals surface area contributed by atoms with Crippen molar-refractivity contribution in [1.82, 2.24) is 9.55 Å². The standard InChI is InChI=1S/C12H13BrN2O/c1-15-10(7-8-16)11(13)14-12(15)9-5-3-2-4-6-9/h2-6,16H,7-8H2,1H3. The molecule has 0 saturated carbocycles. The molecule has 3 nitrogen and oxygen atoms in total. The number of rotatable bonds is 3. The number of benzene rings is 1. The lowest BCUT2D eigenvalue weighted by molar-refractivity contribution is 0.296. The Morgan fingerprint density at radius 2 is 2.00 bits per heavy atom. The lowest BCUT2D eigenvalue weighted by Crippen LogP contribution is -2.01. The van der Waals surface area contributed by atoms with Gasteiger partial charge in [-0.05, 0) is 15.9 Å². The molecule has 1 N–H and O–H groups in total. The maximum absolute atomic E-state index is 8.99. The molecule has 4 heteroatoms. The number of hydrogen-bond donors (Lipinski definition) is 1. The lowest BCUT2D eigenvalue weighted by Gasteiger charge is -2.04. The van der Waals surface area contributed by atoms with Crippen LogP contribution in [-0.2, 0) is 13.5 Å². The van der Waals surface area contributed by atoms with E-state index in [-0.39, 0.29) is 6.61 Å². The van der Waals surface area contributed by atoms with Gasteiger partial charge in [-0.3, -0.25) is 0 Å². The van der Waals surface area contributed by atoms with Crippen LogP contribution in [0.3, 0.4) is 0 Å². The third kappa shape index (κ3) is 2.03. The monoisotopic (exact) mass is 280 g/mol. The predicted molar refractivity (Wildman–Crippen MR) is 67.1 cm³/mol. The fraction of sp³-hybridized carbons (Fsp3) is 0.250. The van der Waals surface area contributed by atoms with Crippen LogP contribution in [0.4, 0.5) is 0 Å². The van der Waals surface area contributed by atoms with Crippen LogP contribution in [0.25, 0.3) is 11.4 Å². The molecule has 1 heterocycles. The fourth-order valence-electron chi connectivity index (χ4n) is 1.72. The summed E-state index contributed by atoms with van der Waals surface area (Å²) < 4.78 is 2.82. The number of nitrogens with zero attached hydrogens (tertiary/aromatic N) is 2. The molecule has 0 aliphatic rings. The van der Waals surface area contributed by atoms with Crippen LogP contribution in [0, 0.1) is 0 Å². The highest BCUT2D eigenvalue weighted by Crippen LogP contribution is 2.24. The number of aromatic nitrogens is 2. The highest BCUT2D eigenvalue weighted by Gasteiger charge is 2.12. The van der Waals surface area contributed by atoms with E-state index < -0.39 is 0 Å². The first kappa shape index (κ1) is 11.4. The molecule has 0 fully saturated rings. The number of aliphatic hydroxyl groups excluding tert-OH is 1. The van der Waals surface area contributed by atoms with Gasteiger partial charge in [0.1, 0.15) is 10.4 Å². The SMILES string of the molecule is Cn1c(-c2ccccc2)nc(Br)c1CCO. The summed E-state index contributed by atoms with van der Waals surface area (Å²) in [4.78, 5) is 4.47. The summed E-state index contributed by atoms with van der Waals surface area (Å²) in [5.74, 6) is 0.913. The predicted octanol–water partition coefficient (Wildman–Crippen LogP) is 2.38. The number of imidazole rings is 1. The van der Waals surface area contributed by atoms with Gasteiger partial charge in [-0.2, -0.15) is 0 Å². The third-order valence-electron chi connectivity index (χ3n) is 2.55. The van der Waals surface area contributed by atoms with Crippen molar-refractivity contribution < 1.29 is 5.11 Å². The van der Waals surface area contributed by atoms with E-state index >= 15 is 0 Å². The molecular weight excluding hydrogens is 268 g/mol. The van der Waals surface area contributed by atoms with Crippen molar-refractivity contribution in [3.05, 3.63) is 40.6 Å². The van der Waals surface area contributed by atoms with Gasteiger partial charge in [0.05, 0.1) is 5.69 Å². The van der Waals surface area contributed by atoms with Crippen molar-refractivity contribution in [2.24, 2.45) is 7.05 Å². The van der Waals surface area contributed by atoms with Crippen LogP contribution in [-0.4, -0.2) is 21.3 Å². The smallest absolute Gasteiger partial charge is 0.141 e. The Morgan fingerprint density at radius 1 is 1.31 bits per heavy atom. The zero-order valence-corrected chi connectivity index (χ0v) is 10.6. The van der Waals surface area contributed by atoms with E-state index in [2.05, 4.69) is 20.9 Å². The van der Waals surface area contributed by atoms with Crippen LogP contribution in [0.1, 0.15) is 5.69 Å². The molecule has 1 aromatic heterocycles. The second kappa shape index (κ2) is 4.80. The molecule has 0 radical (unpaired) electrons. The van der Waals surface area contributed by atoms with Crippen LogP contribution in [0.15, 0.2) is 34.9 Å². The van der Waals surface area contributed by atoms with E-state index in [9.17, 15) is 0 Å². The molecule has 0 spiro atoms. The van der Waals surface area contributed by atoms with E-state index in [0.29, 0.717) is 6.42 Å². The molecule has 16 heavy (non-hydrogen) atoms. The molecular formula is C12H13BrN2O. The van der Waals surface area contributed by atoms with Crippen molar-refractivity contribution in [3.63, 3.8) is 0 Å². The molecule has 2 rings (SSSR count). The molecule has 0 amide bonds. The molecule has 84 valence electrons. The van der Waals surface area contributed by atoms with Gasteiger partial charge in [0, 0.05) is 25.6 Å². The Kier molecular flexibility index (Phi) is 3.41. The zero-order chi connectivity index (χ0) is 11.5. The summed E-state index contributed by atoms with van der Waals surface area (Å²) in [5, 5.41) is 8.99. The highest BCUT2D eigenvalue weighted by molar-refractivity contribution is 9.10. The topological polar surface area (TPSA) is 38.0 Å². The zero-order valence-electron chi connectivity index (χ0n) is 9.02. The first-order valence-corrected chi connectivity index (χ1v) is 5.90. The van der Waals surface area contributed by atoms with Crippen molar-refractivity contribution >= 4 is 15.9 Å². The molecule has 0 bridgehead atoms. The van der Waals surface area contributed by atoms with E-state index in [1.54, 1.807) is 0 Å². The molecule has 1 aromatic carbocycles. The Hall–Kier alpha value is -1.13. The summed E-state index contributed by atoms with van der Waals surface area (Å²) in [7, 11) is 1.96. The first-order chi connectivity index (χ1) is 7.74. The van der Waals surface area contributed by atoms with E-state index in [1.165, 1.54) is 0 Å². The number of aliphatic hydroxyl groups is 1. The summed E-state index contributed by atoms with van der Waals surface area (Å²) in [6.45, 7) is 0.131. The van der Waals surface area contributed by atoms with Gasteiger partial charge in [0.2, 0.25) is 0 Å². The number of halogens is 1. The highest BCUT2D eigenvalue weighted by atomic mass is 79.9. The average molecular weight is 281 g/mol. The largest absolute Gasteiger partial charge is 0.396 e. The second-order valence-corrected chi connectivity index (χ2v) is 4.32. The van der Waals surface area contributed by atoms with Gasteiger partial charge in [0.15, 0.2) is 0 Å². The summed E-state index contributed by atoms with van der Waals surface area (Å²) in [6.07, 6.45) is 0.608. The van der Waals surface area contributed by atoms with Gasteiger partial charge in [-0.1, -0.05) is 30.3 Å². The van der Waals surface area contributed by atoms with Crippen molar-refractivity contribution in [2.75, 3.05) is 6.61 Å². The van der Waals surface area contributed by atoms with Crippen LogP contribution < -0.4 is 0 Å². The Morgan fingerprint density at radius 3 is 2.62 bits per heavy atom. The molecule has 0 aliphatic carbocycles. The maximum atomic E-state index is 8.99. The van der Waals surface area contributed by atoms with Crippen LogP contribution in [0.2, 0.25) is 0 Å². The average Bonchev–Trinajstić information content (AvgIpc) is 2.59. The third-order valence-corrected chi connectivity index (χ3v) is 3.18. The molecule has 0 unspecified atom stereocenters. The minimum absolute atomic E-state index is 0.131. The summed E-state index contributed by atoms with van der Waals surface area (Å²) in [5.41, 5.74) is 2.09. The Labute approximate surface area is 103 Å². The van der Waals surface area contributed by atoms with Gasteiger partial charge in [0.25, 0.3) is 0 Å². The summed E-state index contributed by atoms with van der Waals surface area (Å²) >= 11 is 3.42. The van der Waals surface area contributed by atoms with Gasteiger partial charge in [-0.25, -0.2) is 4.98 Å². The van der Waals surface area contributed by atoms with Crippen molar-refractivity contribution in [2.45, 2.75) is 6.42 Å². The quantitative estimate of drug-likeness (QED) is 0.938. The van der Waals surface area contributed by atoms with Gasteiger partial charge < -0.3 is 9.67 Å². The molecule has 0 aliphatic heterocycles. The van der Waals surface area contributed by atoms with Crippen LogP contribution >= 0.6 is 15.9 Å². The van der Waals surface area contributed by atoms with E-state index in [0.717, 1.165) is 21.7 Å². The molecule has 2 aromatic rings. The van der Waals surface area contributed by atoms with Crippen molar-refractivity contribution in [1.29, 1.82) is 0 Å². The lowest BCUT2D eigenvalue weighted by atomic mass is 10.2. The number of hydrogen-bond acceptors (Lipinski definition) is 2. The van der Waals surface area contributed by atoms with E-state index in [4.69, 9.17) is 5.11 Å². The first-order valence-electron chi connectivity index (χ1n) is 5.11. The Balaban J connectivity index is 2.47. The maximum Gasteiger partial charge on any atom is 0.141 e. The summed E-state index contributed by atoms with van der Waals surface area (Å²) in [6, 6.07) is 10.0. The van der Waals surface area contributed by atoms with Gasteiger partial charge >= 0.3 is 0 Å².